The number of esters is 1. The predicted octanol–water partition coefficient (Wildman–Crippen LogP) is 2.52. The zero-order chi connectivity index (χ0) is 8.97. The van der Waals surface area contributed by atoms with Gasteiger partial charge in [0.25, 0.3) is 0 Å². The Balaban J connectivity index is 2.27. The topological polar surface area (TPSA) is 26.3 Å². The molecule has 0 aliphatic heterocycles. The van der Waals surface area contributed by atoms with Crippen molar-refractivity contribution in [3.05, 3.63) is 0 Å². The van der Waals surface area contributed by atoms with E-state index in [4.69, 9.17) is 4.74 Å². The molecular weight excluding hydrogens is 152 g/mol. The third kappa shape index (κ3) is 2.50. The lowest BCUT2D eigenvalue weighted by molar-refractivity contribution is -0.153. The fourth-order valence-electron chi connectivity index (χ4n) is 1.54. The summed E-state index contributed by atoms with van der Waals surface area (Å²) < 4.78 is 5.24. The maximum Gasteiger partial charge on any atom is 0.309 e. The van der Waals surface area contributed by atoms with Crippen LogP contribution in [0.15, 0.2) is 0 Å². The lowest BCUT2D eigenvalue weighted by Crippen LogP contribution is -2.20. The van der Waals surface area contributed by atoms with E-state index in [0.717, 1.165) is 19.3 Å². The average Bonchev–Trinajstić information content (AvgIpc) is 2.56. The Morgan fingerprint density at radius 1 is 1.50 bits per heavy atom. The zero-order valence-corrected chi connectivity index (χ0v) is 8.01. The molecule has 0 unspecified atom stereocenters. The van der Waals surface area contributed by atoms with Crippen LogP contribution in [0.4, 0.5) is 0 Å². The van der Waals surface area contributed by atoms with Crippen molar-refractivity contribution in [3.8, 4) is 0 Å². The monoisotopic (exact) mass is 170 g/mol. The van der Waals surface area contributed by atoms with Gasteiger partial charge in [-0.05, 0) is 26.2 Å². The van der Waals surface area contributed by atoms with Crippen molar-refractivity contribution in [2.75, 3.05) is 0 Å². The van der Waals surface area contributed by atoms with Crippen LogP contribution >= 0.6 is 0 Å². The van der Waals surface area contributed by atoms with Gasteiger partial charge < -0.3 is 4.74 Å². The summed E-state index contributed by atoms with van der Waals surface area (Å²) in [6.45, 7) is 3.99. The Hall–Kier alpha value is -0.530. The molecule has 1 fully saturated rings. The van der Waals surface area contributed by atoms with Crippen LogP contribution in [0.3, 0.4) is 0 Å². The highest BCUT2D eigenvalue weighted by molar-refractivity contribution is 5.72. The summed E-state index contributed by atoms with van der Waals surface area (Å²) in [5.74, 6) is 0.237. The SMILES string of the molecule is CC[C@H](C)OC(=O)C1CCCC1. The van der Waals surface area contributed by atoms with E-state index < -0.39 is 0 Å². The summed E-state index contributed by atoms with van der Waals surface area (Å²) in [5.41, 5.74) is 0. The van der Waals surface area contributed by atoms with Crippen molar-refractivity contribution in [2.24, 2.45) is 5.92 Å². The van der Waals surface area contributed by atoms with Crippen LogP contribution in [0.5, 0.6) is 0 Å². The molecule has 0 aromatic heterocycles. The molecule has 1 atom stereocenters. The van der Waals surface area contributed by atoms with Gasteiger partial charge in [0.15, 0.2) is 0 Å². The number of carbonyl (C=O) groups is 1. The third-order valence-corrected chi connectivity index (χ3v) is 2.58. The Labute approximate surface area is 74.3 Å². The summed E-state index contributed by atoms with van der Waals surface area (Å²) in [4.78, 5) is 11.4. The molecule has 0 aromatic carbocycles. The standard InChI is InChI=1S/C10H18O2/c1-3-8(2)12-10(11)9-6-4-5-7-9/h8-9H,3-7H2,1-2H3/t8-/m0/s1. The van der Waals surface area contributed by atoms with Crippen LogP contribution in [-0.2, 0) is 9.53 Å². The second-order valence-electron chi connectivity index (χ2n) is 3.64. The van der Waals surface area contributed by atoms with E-state index in [0.29, 0.717) is 0 Å². The molecule has 0 N–H and O–H groups in total. The highest BCUT2D eigenvalue weighted by atomic mass is 16.5. The van der Waals surface area contributed by atoms with Crippen LogP contribution in [0, 0.1) is 5.92 Å². The minimum absolute atomic E-state index is 0.0295. The largest absolute Gasteiger partial charge is 0.462 e. The average molecular weight is 170 g/mol. The van der Waals surface area contributed by atoms with Crippen LogP contribution in [0.1, 0.15) is 46.0 Å². The quantitative estimate of drug-likeness (QED) is 0.608. The second kappa shape index (κ2) is 4.48. The van der Waals surface area contributed by atoms with Gasteiger partial charge in [0.2, 0.25) is 0 Å². The molecule has 1 rings (SSSR count). The molecule has 2 heteroatoms. The summed E-state index contributed by atoms with van der Waals surface area (Å²) in [6, 6.07) is 0. The van der Waals surface area contributed by atoms with Gasteiger partial charge in [0, 0.05) is 0 Å². The van der Waals surface area contributed by atoms with Crippen LogP contribution in [-0.4, -0.2) is 12.1 Å². The van der Waals surface area contributed by atoms with Crippen LogP contribution < -0.4 is 0 Å². The number of rotatable bonds is 3. The van der Waals surface area contributed by atoms with E-state index in [1.54, 1.807) is 0 Å². The molecule has 0 aromatic rings. The van der Waals surface area contributed by atoms with Gasteiger partial charge >= 0.3 is 5.97 Å². The number of hydrogen-bond acceptors (Lipinski definition) is 2. The van der Waals surface area contributed by atoms with Gasteiger partial charge in [-0.3, -0.25) is 4.79 Å². The molecule has 1 aliphatic carbocycles. The first-order valence-electron chi connectivity index (χ1n) is 4.94. The maximum atomic E-state index is 11.4. The minimum atomic E-state index is 0.0295. The smallest absolute Gasteiger partial charge is 0.309 e. The molecule has 2 nitrogen and oxygen atoms in total. The summed E-state index contributed by atoms with van der Waals surface area (Å²) >= 11 is 0. The number of carbonyl (C=O) groups excluding carboxylic acids is 1. The molecule has 0 heterocycles. The molecule has 70 valence electrons. The Morgan fingerprint density at radius 2 is 2.08 bits per heavy atom. The van der Waals surface area contributed by atoms with Crippen molar-refractivity contribution in [3.63, 3.8) is 0 Å². The van der Waals surface area contributed by atoms with Gasteiger partial charge in [0.1, 0.15) is 0 Å². The molecule has 1 saturated carbocycles. The van der Waals surface area contributed by atoms with Crippen molar-refractivity contribution >= 4 is 5.97 Å². The van der Waals surface area contributed by atoms with Gasteiger partial charge in [-0.15, -0.1) is 0 Å². The van der Waals surface area contributed by atoms with Gasteiger partial charge in [-0.25, -0.2) is 0 Å². The fourth-order valence-corrected chi connectivity index (χ4v) is 1.54. The van der Waals surface area contributed by atoms with E-state index in [1.165, 1.54) is 12.8 Å². The Kier molecular flexibility index (Phi) is 3.57. The van der Waals surface area contributed by atoms with Gasteiger partial charge in [-0.1, -0.05) is 19.8 Å². The normalized spacial score (nSPS) is 20.8. The first-order valence-corrected chi connectivity index (χ1v) is 4.94. The number of ether oxygens (including phenoxy) is 1. The third-order valence-electron chi connectivity index (χ3n) is 2.58. The van der Waals surface area contributed by atoms with Crippen molar-refractivity contribution < 1.29 is 9.53 Å². The fraction of sp³-hybridized carbons (Fsp3) is 0.900. The second-order valence-corrected chi connectivity index (χ2v) is 3.64. The minimum Gasteiger partial charge on any atom is -0.462 e. The van der Waals surface area contributed by atoms with Gasteiger partial charge in [0.05, 0.1) is 12.0 Å². The van der Waals surface area contributed by atoms with Crippen molar-refractivity contribution in [2.45, 2.75) is 52.1 Å². The Bertz CT molecular complexity index is 148. The summed E-state index contributed by atoms with van der Waals surface area (Å²) in [6.07, 6.45) is 5.47. The highest BCUT2D eigenvalue weighted by Crippen LogP contribution is 2.26. The lowest BCUT2D eigenvalue weighted by atomic mass is 10.1. The predicted molar refractivity (Wildman–Crippen MR) is 47.8 cm³/mol. The molecule has 0 bridgehead atoms. The highest BCUT2D eigenvalue weighted by Gasteiger charge is 2.24. The number of hydrogen-bond donors (Lipinski definition) is 0. The molecule has 1 aliphatic rings. The first-order chi connectivity index (χ1) is 5.74. The van der Waals surface area contributed by atoms with E-state index in [-0.39, 0.29) is 18.0 Å². The van der Waals surface area contributed by atoms with Gasteiger partial charge in [-0.2, -0.15) is 0 Å². The summed E-state index contributed by atoms with van der Waals surface area (Å²) in [7, 11) is 0. The van der Waals surface area contributed by atoms with Crippen molar-refractivity contribution in [1.29, 1.82) is 0 Å². The maximum absolute atomic E-state index is 11.4. The van der Waals surface area contributed by atoms with Crippen molar-refractivity contribution in [1.82, 2.24) is 0 Å². The van der Waals surface area contributed by atoms with Crippen LogP contribution in [0.25, 0.3) is 0 Å². The Morgan fingerprint density at radius 3 is 2.58 bits per heavy atom. The summed E-state index contributed by atoms with van der Waals surface area (Å²) in [5, 5.41) is 0. The van der Waals surface area contributed by atoms with E-state index >= 15 is 0 Å². The van der Waals surface area contributed by atoms with Crippen LogP contribution in [0.2, 0.25) is 0 Å². The molecule has 0 amide bonds. The molecule has 0 spiro atoms. The first kappa shape index (κ1) is 9.56. The lowest BCUT2D eigenvalue weighted by Gasteiger charge is -2.14. The van der Waals surface area contributed by atoms with E-state index in [1.807, 2.05) is 13.8 Å². The van der Waals surface area contributed by atoms with E-state index in [9.17, 15) is 4.79 Å². The molecular formula is C10H18O2. The molecule has 0 radical (unpaired) electrons. The molecule has 0 saturated heterocycles. The molecule has 12 heavy (non-hydrogen) atoms. The zero-order valence-electron chi connectivity index (χ0n) is 8.01. The van der Waals surface area contributed by atoms with E-state index in [2.05, 4.69) is 0 Å².